The Balaban J connectivity index is 2.89. The van der Waals surface area contributed by atoms with Crippen LogP contribution in [0.25, 0.3) is 0 Å². The van der Waals surface area contributed by atoms with Crippen LogP contribution in [0, 0.1) is 0 Å². The molecular formula is C13H18N2O4. The van der Waals surface area contributed by atoms with E-state index in [1.54, 1.807) is 27.8 Å². The van der Waals surface area contributed by atoms with Crippen molar-refractivity contribution in [1.82, 2.24) is 0 Å². The number of aromatic carboxylic acids is 1. The maximum Gasteiger partial charge on any atom is 0.412 e. The second-order valence-corrected chi connectivity index (χ2v) is 4.94. The molecule has 0 aliphatic heterocycles. The third kappa shape index (κ3) is 4.50. The summed E-state index contributed by atoms with van der Waals surface area (Å²) < 4.78 is 5.12. The van der Waals surface area contributed by atoms with E-state index in [1.165, 1.54) is 18.2 Å². The van der Waals surface area contributed by atoms with Crippen molar-refractivity contribution in [2.45, 2.75) is 26.4 Å². The zero-order valence-corrected chi connectivity index (χ0v) is 11.4. The number of carbonyl (C=O) groups excluding carboxylic acids is 1. The van der Waals surface area contributed by atoms with Crippen molar-refractivity contribution in [2.75, 3.05) is 17.7 Å². The van der Waals surface area contributed by atoms with Crippen LogP contribution in [0.3, 0.4) is 0 Å². The molecule has 6 nitrogen and oxygen atoms in total. The molecule has 1 amide bonds. The van der Waals surface area contributed by atoms with Crippen molar-refractivity contribution in [3.63, 3.8) is 0 Å². The van der Waals surface area contributed by atoms with Crippen LogP contribution in [0.4, 0.5) is 16.2 Å². The lowest BCUT2D eigenvalue weighted by molar-refractivity contribution is 0.0634. The number of hydrogen-bond acceptors (Lipinski definition) is 4. The summed E-state index contributed by atoms with van der Waals surface area (Å²) in [5, 5.41) is 14.3. The summed E-state index contributed by atoms with van der Waals surface area (Å²) in [7, 11) is 1.64. The number of carbonyl (C=O) groups is 2. The Morgan fingerprint density at radius 2 is 1.84 bits per heavy atom. The van der Waals surface area contributed by atoms with E-state index >= 15 is 0 Å². The maximum absolute atomic E-state index is 11.6. The Bertz CT molecular complexity index is 492. The first-order valence-electron chi connectivity index (χ1n) is 5.78. The average molecular weight is 266 g/mol. The molecule has 104 valence electrons. The molecule has 0 saturated carbocycles. The minimum absolute atomic E-state index is 0.138. The predicted octanol–water partition coefficient (Wildman–Crippen LogP) is 2.77. The van der Waals surface area contributed by atoms with Gasteiger partial charge in [0.1, 0.15) is 5.60 Å². The number of ether oxygens (including phenoxy) is 1. The highest BCUT2D eigenvalue weighted by Crippen LogP contribution is 2.23. The Morgan fingerprint density at radius 1 is 1.21 bits per heavy atom. The van der Waals surface area contributed by atoms with Crippen molar-refractivity contribution >= 4 is 23.4 Å². The van der Waals surface area contributed by atoms with Crippen LogP contribution in [-0.2, 0) is 4.74 Å². The van der Waals surface area contributed by atoms with E-state index in [9.17, 15) is 9.59 Å². The predicted molar refractivity (Wildman–Crippen MR) is 72.8 cm³/mol. The molecule has 0 spiro atoms. The first kappa shape index (κ1) is 14.8. The topological polar surface area (TPSA) is 87.7 Å². The molecule has 0 aromatic heterocycles. The van der Waals surface area contributed by atoms with Gasteiger partial charge in [0.2, 0.25) is 0 Å². The summed E-state index contributed by atoms with van der Waals surface area (Å²) in [6, 6.07) is 4.37. The van der Waals surface area contributed by atoms with E-state index in [1.807, 2.05) is 0 Å². The molecule has 1 aromatic rings. The molecule has 1 aromatic carbocycles. The Kier molecular flexibility index (Phi) is 4.37. The number of carboxylic acids is 1. The van der Waals surface area contributed by atoms with Crippen LogP contribution < -0.4 is 10.6 Å². The molecule has 0 fully saturated rings. The molecule has 0 unspecified atom stereocenters. The summed E-state index contributed by atoms with van der Waals surface area (Å²) in [6.07, 6.45) is -0.591. The van der Waals surface area contributed by atoms with Crippen LogP contribution in [0.5, 0.6) is 0 Å². The Hall–Kier alpha value is -2.24. The molecule has 19 heavy (non-hydrogen) atoms. The average Bonchev–Trinajstić information content (AvgIpc) is 2.26. The zero-order valence-electron chi connectivity index (χ0n) is 11.4. The van der Waals surface area contributed by atoms with Crippen molar-refractivity contribution in [2.24, 2.45) is 0 Å². The molecule has 6 heteroatoms. The van der Waals surface area contributed by atoms with Gasteiger partial charge in [0.05, 0.1) is 16.9 Å². The fraction of sp³-hybridized carbons (Fsp3) is 0.385. The Morgan fingerprint density at radius 3 is 2.32 bits per heavy atom. The van der Waals surface area contributed by atoms with Gasteiger partial charge < -0.3 is 15.2 Å². The van der Waals surface area contributed by atoms with Gasteiger partial charge in [-0.2, -0.15) is 0 Å². The van der Waals surface area contributed by atoms with Crippen LogP contribution in [0.1, 0.15) is 31.1 Å². The highest BCUT2D eigenvalue weighted by Gasteiger charge is 2.17. The van der Waals surface area contributed by atoms with Gasteiger partial charge in [0.15, 0.2) is 0 Å². The van der Waals surface area contributed by atoms with Gasteiger partial charge in [-0.3, -0.25) is 5.32 Å². The molecule has 0 aliphatic rings. The summed E-state index contributed by atoms with van der Waals surface area (Å²) >= 11 is 0. The second kappa shape index (κ2) is 5.60. The first-order valence-corrected chi connectivity index (χ1v) is 5.78. The minimum atomic E-state index is -1.03. The van der Waals surface area contributed by atoms with Crippen molar-refractivity contribution in [3.8, 4) is 0 Å². The van der Waals surface area contributed by atoms with E-state index in [-0.39, 0.29) is 5.56 Å². The number of carboxylic acid groups (broad SMARTS) is 1. The van der Waals surface area contributed by atoms with Gasteiger partial charge in [-0.15, -0.1) is 0 Å². The van der Waals surface area contributed by atoms with Gasteiger partial charge in [-0.25, -0.2) is 9.59 Å². The van der Waals surface area contributed by atoms with E-state index in [4.69, 9.17) is 9.84 Å². The van der Waals surface area contributed by atoms with Crippen LogP contribution >= 0.6 is 0 Å². The molecule has 3 N–H and O–H groups in total. The molecule has 0 atom stereocenters. The lowest BCUT2D eigenvalue weighted by Crippen LogP contribution is -2.27. The van der Waals surface area contributed by atoms with Crippen LogP contribution in [0.15, 0.2) is 18.2 Å². The van der Waals surface area contributed by atoms with Crippen LogP contribution in [0.2, 0.25) is 0 Å². The first-order chi connectivity index (χ1) is 8.73. The van der Waals surface area contributed by atoms with E-state index < -0.39 is 17.7 Å². The highest BCUT2D eigenvalue weighted by atomic mass is 16.6. The largest absolute Gasteiger partial charge is 0.478 e. The fourth-order valence-corrected chi connectivity index (χ4v) is 1.41. The molecule has 0 aliphatic carbocycles. The summed E-state index contributed by atoms with van der Waals surface area (Å²) in [5.41, 5.74) is 0.511. The Labute approximate surface area is 111 Å². The van der Waals surface area contributed by atoms with Gasteiger partial charge in [0, 0.05) is 7.05 Å². The van der Waals surface area contributed by atoms with Gasteiger partial charge in [0.25, 0.3) is 0 Å². The summed E-state index contributed by atoms with van der Waals surface area (Å²) in [5.74, 6) is -1.03. The van der Waals surface area contributed by atoms with E-state index in [0.717, 1.165) is 0 Å². The number of amides is 1. The molecule has 1 rings (SSSR count). The smallest absolute Gasteiger partial charge is 0.412 e. The van der Waals surface area contributed by atoms with Crippen molar-refractivity contribution < 1.29 is 19.4 Å². The normalized spacial score (nSPS) is 10.7. The number of hydrogen-bond donors (Lipinski definition) is 3. The molecule has 0 heterocycles. The van der Waals surface area contributed by atoms with Crippen molar-refractivity contribution in [1.29, 1.82) is 0 Å². The third-order valence-electron chi connectivity index (χ3n) is 2.17. The number of rotatable bonds is 3. The highest BCUT2D eigenvalue weighted by molar-refractivity contribution is 5.94. The number of nitrogens with one attached hydrogen (secondary N) is 2. The molecular weight excluding hydrogens is 248 g/mol. The third-order valence-corrected chi connectivity index (χ3v) is 2.17. The van der Waals surface area contributed by atoms with E-state index in [0.29, 0.717) is 11.4 Å². The molecule has 0 saturated heterocycles. The van der Waals surface area contributed by atoms with Gasteiger partial charge in [-0.05, 0) is 39.0 Å². The van der Waals surface area contributed by atoms with E-state index in [2.05, 4.69) is 10.6 Å². The fourth-order valence-electron chi connectivity index (χ4n) is 1.41. The monoisotopic (exact) mass is 266 g/mol. The number of benzene rings is 1. The second-order valence-electron chi connectivity index (χ2n) is 4.94. The summed E-state index contributed by atoms with van der Waals surface area (Å²) in [4.78, 5) is 22.5. The number of anilines is 2. The zero-order chi connectivity index (χ0) is 14.6. The van der Waals surface area contributed by atoms with Gasteiger partial charge in [-0.1, -0.05) is 0 Å². The minimum Gasteiger partial charge on any atom is -0.478 e. The summed E-state index contributed by atoms with van der Waals surface area (Å²) in [6.45, 7) is 5.29. The van der Waals surface area contributed by atoms with Crippen LogP contribution in [-0.4, -0.2) is 29.8 Å². The van der Waals surface area contributed by atoms with Crippen molar-refractivity contribution in [3.05, 3.63) is 23.8 Å². The molecule has 0 bridgehead atoms. The lowest BCUT2D eigenvalue weighted by atomic mass is 10.1. The molecule has 0 radical (unpaired) electrons. The maximum atomic E-state index is 11.6. The SMILES string of the molecule is CNc1cc(C(=O)O)ccc1NC(=O)OC(C)(C)C. The lowest BCUT2D eigenvalue weighted by Gasteiger charge is -2.20. The quantitative estimate of drug-likeness (QED) is 0.783. The standard InChI is InChI=1S/C13H18N2O4/c1-13(2,3)19-12(18)15-9-6-5-8(11(16)17)7-10(9)14-4/h5-7,14H,1-4H3,(H,15,18)(H,16,17). The van der Waals surface area contributed by atoms with Gasteiger partial charge >= 0.3 is 12.1 Å².